The molecule has 30 heavy (non-hydrogen) atoms. The predicted octanol–water partition coefficient (Wildman–Crippen LogP) is 4.09. The number of hydrogen-bond donors (Lipinski definition) is 1. The maximum absolute atomic E-state index is 13.1. The van der Waals surface area contributed by atoms with Crippen LogP contribution in [0, 0.1) is 6.92 Å². The topological polar surface area (TPSA) is 81.1 Å². The SMILES string of the molecule is Cc1ccc(-c2nn(C)c(=O)c3c2CCCC3)cc1S(=O)(=O)Nc1ccc(Cl)cc1. The van der Waals surface area contributed by atoms with Crippen molar-refractivity contribution < 1.29 is 8.42 Å². The molecule has 3 aromatic rings. The molecule has 0 fully saturated rings. The van der Waals surface area contributed by atoms with Gasteiger partial charge < -0.3 is 0 Å². The molecular weight excluding hydrogens is 422 g/mol. The van der Waals surface area contributed by atoms with Crippen molar-refractivity contribution in [3.8, 4) is 11.3 Å². The van der Waals surface area contributed by atoms with Crippen LogP contribution >= 0.6 is 11.6 Å². The van der Waals surface area contributed by atoms with E-state index in [1.807, 2.05) is 6.07 Å². The van der Waals surface area contributed by atoms with Gasteiger partial charge in [-0.15, -0.1) is 0 Å². The quantitative estimate of drug-likeness (QED) is 0.658. The molecule has 0 saturated heterocycles. The number of aromatic nitrogens is 2. The molecule has 0 spiro atoms. The average molecular weight is 444 g/mol. The van der Waals surface area contributed by atoms with Gasteiger partial charge in [-0.1, -0.05) is 23.7 Å². The zero-order valence-corrected chi connectivity index (χ0v) is 18.3. The number of benzene rings is 2. The summed E-state index contributed by atoms with van der Waals surface area (Å²) in [6.45, 7) is 1.75. The zero-order chi connectivity index (χ0) is 21.5. The van der Waals surface area contributed by atoms with Crippen molar-refractivity contribution in [3.63, 3.8) is 0 Å². The van der Waals surface area contributed by atoms with E-state index in [4.69, 9.17) is 11.6 Å². The lowest BCUT2D eigenvalue weighted by Crippen LogP contribution is -2.28. The lowest BCUT2D eigenvalue weighted by molar-refractivity contribution is 0.600. The van der Waals surface area contributed by atoms with Crippen LogP contribution in [-0.4, -0.2) is 18.2 Å². The van der Waals surface area contributed by atoms with Gasteiger partial charge in [-0.25, -0.2) is 13.1 Å². The van der Waals surface area contributed by atoms with Gasteiger partial charge >= 0.3 is 0 Å². The van der Waals surface area contributed by atoms with Gasteiger partial charge in [-0.3, -0.25) is 9.52 Å². The number of nitrogens with zero attached hydrogens (tertiary/aromatic N) is 2. The zero-order valence-electron chi connectivity index (χ0n) is 16.8. The van der Waals surface area contributed by atoms with Gasteiger partial charge in [-0.05, 0) is 74.1 Å². The molecule has 1 aliphatic rings. The minimum Gasteiger partial charge on any atom is -0.280 e. The number of rotatable bonds is 4. The fraction of sp³-hybridized carbons (Fsp3) is 0.273. The molecule has 0 radical (unpaired) electrons. The molecule has 1 heterocycles. The first-order chi connectivity index (χ1) is 14.3. The predicted molar refractivity (Wildman–Crippen MR) is 119 cm³/mol. The smallest absolute Gasteiger partial charge is 0.269 e. The van der Waals surface area contributed by atoms with E-state index in [0.29, 0.717) is 27.5 Å². The number of sulfonamides is 1. The van der Waals surface area contributed by atoms with Crippen molar-refractivity contribution in [3.05, 3.63) is 74.5 Å². The number of fused-ring (bicyclic) bond motifs is 1. The molecule has 1 N–H and O–H groups in total. The first-order valence-corrected chi connectivity index (χ1v) is 11.6. The van der Waals surface area contributed by atoms with Crippen LogP contribution in [0.2, 0.25) is 5.02 Å². The Kier molecular flexibility index (Phi) is 5.42. The van der Waals surface area contributed by atoms with Crippen LogP contribution in [0.25, 0.3) is 11.3 Å². The van der Waals surface area contributed by atoms with Gasteiger partial charge in [0.15, 0.2) is 0 Å². The number of aryl methyl sites for hydroxylation is 2. The van der Waals surface area contributed by atoms with Gasteiger partial charge in [0.2, 0.25) is 0 Å². The van der Waals surface area contributed by atoms with E-state index >= 15 is 0 Å². The molecule has 8 heteroatoms. The highest BCUT2D eigenvalue weighted by Gasteiger charge is 2.23. The summed E-state index contributed by atoms with van der Waals surface area (Å²) in [5.74, 6) is 0. The van der Waals surface area contributed by atoms with Gasteiger partial charge in [0, 0.05) is 28.9 Å². The molecule has 6 nitrogen and oxygen atoms in total. The Bertz CT molecular complexity index is 1280. The van der Waals surface area contributed by atoms with Crippen LogP contribution in [0.4, 0.5) is 5.69 Å². The van der Waals surface area contributed by atoms with E-state index in [2.05, 4.69) is 9.82 Å². The van der Waals surface area contributed by atoms with Gasteiger partial charge in [0.1, 0.15) is 0 Å². The van der Waals surface area contributed by atoms with Crippen molar-refractivity contribution in [2.75, 3.05) is 4.72 Å². The van der Waals surface area contributed by atoms with E-state index in [9.17, 15) is 13.2 Å². The molecule has 4 rings (SSSR count). The molecule has 0 saturated carbocycles. The molecule has 2 aromatic carbocycles. The Morgan fingerprint density at radius 1 is 1.03 bits per heavy atom. The van der Waals surface area contributed by atoms with Gasteiger partial charge in [0.05, 0.1) is 10.6 Å². The third kappa shape index (κ3) is 3.87. The van der Waals surface area contributed by atoms with Crippen molar-refractivity contribution in [2.24, 2.45) is 7.05 Å². The normalized spacial score (nSPS) is 13.7. The monoisotopic (exact) mass is 443 g/mol. The molecular formula is C22H22ClN3O3S. The van der Waals surface area contributed by atoms with Crippen molar-refractivity contribution in [2.45, 2.75) is 37.5 Å². The van der Waals surface area contributed by atoms with Crippen molar-refractivity contribution in [1.29, 1.82) is 0 Å². The molecule has 0 amide bonds. The Hall–Kier alpha value is -2.64. The first kappa shape index (κ1) is 20.6. The van der Waals surface area contributed by atoms with Crippen LogP contribution < -0.4 is 10.3 Å². The van der Waals surface area contributed by atoms with E-state index in [-0.39, 0.29) is 10.5 Å². The lowest BCUT2D eigenvalue weighted by atomic mass is 9.89. The third-order valence-electron chi connectivity index (χ3n) is 5.40. The average Bonchev–Trinajstić information content (AvgIpc) is 2.72. The van der Waals surface area contributed by atoms with Crippen LogP contribution in [0.5, 0.6) is 0 Å². The van der Waals surface area contributed by atoms with Crippen molar-refractivity contribution >= 4 is 27.3 Å². The number of anilines is 1. The maximum atomic E-state index is 13.1. The van der Waals surface area contributed by atoms with E-state index in [1.54, 1.807) is 50.4 Å². The fourth-order valence-electron chi connectivity index (χ4n) is 3.85. The second-order valence-corrected chi connectivity index (χ2v) is 9.62. The van der Waals surface area contributed by atoms with Crippen LogP contribution in [-0.2, 0) is 29.9 Å². The number of nitrogens with one attached hydrogen (secondary N) is 1. The van der Waals surface area contributed by atoms with Crippen LogP contribution in [0.1, 0.15) is 29.5 Å². The second-order valence-electron chi connectivity index (χ2n) is 7.53. The Morgan fingerprint density at radius 2 is 1.70 bits per heavy atom. The standard InChI is InChI=1S/C22H22ClN3O3S/c1-14-7-8-15(21-18-5-3-4-6-19(18)22(27)26(2)24-21)13-20(14)30(28,29)25-17-11-9-16(23)10-12-17/h7-13,25H,3-6H2,1-2H3. The van der Waals surface area contributed by atoms with Gasteiger partial charge in [-0.2, -0.15) is 5.10 Å². The summed E-state index contributed by atoms with van der Waals surface area (Å²) in [5, 5.41) is 5.01. The summed E-state index contributed by atoms with van der Waals surface area (Å²) in [4.78, 5) is 12.7. The highest BCUT2D eigenvalue weighted by atomic mass is 35.5. The minimum atomic E-state index is -3.82. The van der Waals surface area contributed by atoms with E-state index in [1.165, 1.54) is 4.68 Å². The molecule has 0 bridgehead atoms. The highest BCUT2D eigenvalue weighted by molar-refractivity contribution is 7.92. The van der Waals surface area contributed by atoms with E-state index in [0.717, 1.165) is 36.8 Å². The summed E-state index contributed by atoms with van der Waals surface area (Å²) in [6, 6.07) is 11.8. The number of halogens is 1. The first-order valence-electron chi connectivity index (χ1n) is 9.75. The molecule has 0 atom stereocenters. The Morgan fingerprint density at radius 3 is 2.40 bits per heavy atom. The number of hydrogen-bond acceptors (Lipinski definition) is 4. The maximum Gasteiger partial charge on any atom is 0.269 e. The summed E-state index contributed by atoms with van der Waals surface area (Å²) in [7, 11) is -2.18. The Balaban J connectivity index is 1.80. The highest BCUT2D eigenvalue weighted by Crippen LogP contribution is 2.31. The molecule has 1 aliphatic carbocycles. The molecule has 156 valence electrons. The lowest BCUT2D eigenvalue weighted by Gasteiger charge is -2.20. The van der Waals surface area contributed by atoms with Crippen LogP contribution in [0.3, 0.4) is 0 Å². The third-order valence-corrected chi connectivity index (χ3v) is 7.18. The van der Waals surface area contributed by atoms with Gasteiger partial charge in [0.25, 0.3) is 15.6 Å². The molecule has 0 unspecified atom stereocenters. The van der Waals surface area contributed by atoms with Crippen LogP contribution in [0.15, 0.2) is 52.2 Å². The minimum absolute atomic E-state index is 0.0715. The molecule has 1 aromatic heterocycles. The summed E-state index contributed by atoms with van der Waals surface area (Å²) >= 11 is 5.89. The summed E-state index contributed by atoms with van der Waals surface area (Å²) < 4.78 is 30.1. The van der Waals surface area contributed by atoms with Crippen molar-refractivity contribution in [1.82, 2.24) is 9.78 Å². The second kappa shape index (κ2) is 7.89. The largest absolute Gasteiger partial charge is 0.280 e. The summed E-state index contributed by atoms with van der Waals surface area (Å²) in [5.41, 5.74) is 4.07. The Labute approximate surface area is 180 Å². The molecule has 0 aliphatic heterocycles. The summed E-state index contributed by atoms with van der Waals surface area (Å²) in [6.07, 6.45) is 3.47. The fourth-order valence-corrected chi connectivity index (χ4v) is 5.31. The van der Waals surface area contributed by atoms with E-state index < -0.39 is 10.0 Å².